The number of rotatable bonds is 7. The molecule has 1 aromatic carbocycles. The minimum absolute atomic E-state index is 0.112. The van der Waals surface area contributed by atoms with Crippen molar-refractivity contribution in [3.05, 3.63) is 90.0 Å². The normalized spacial score (nSPS) is 13.7. The summed E-state index contributed by atoms with van der Waals surface area (Å²) in [5.74, 6) is 0.654. The molecule has 0 atom stereocenters. The van der Waals surface area contributed by atoms with Crippen LogP contribution in [-0.2, 0) is 11.2 Å². The molecule has 1 aliphatic rings. The number of aliphatic hydroxyl groups is 1. The lowest BCUT2D eigenvalue weighted by Crippen LogP contribution is -2.35. The van der Waals surface area contributed by atoms with E-state index in [-0.39, 0.29) is 12.5 Å². The molecule has 192 valence electrons. The van der Waals surface area contributed by atoms with Crippen LogP contribution >= 0.6 is 0 Å². The van der Waals surface area contributed by atoms with Gasteiger partial charge in [-0.05, 0) is 43.5 Å². The molecule has 3 aromatic heterocycles. The van der Waals surface area contributed by atoms with Gasteiger partial charge in [-0.25, -0.2) is 4.52 Å². The number of hydrogen-bond donors (Lipinski definition) is 1. The van der Waals surface area contributed by atoms with E-state index in [0.717, 1.165) is 34.4 Å². The number of aromatic nitrogens is 3. The molecular formula is C30H29N5O3. The molecule has 38 heavy (non-hydrogen) atoms. The zero-order chi connectivity index (χ0) is 26.7. The van der Waals surface area contributed by atoms with Crippen LogP contribution in [-0.4, -0.2) is 55.8 Å². The first kappa shape index (κ1) is 25.2. The van der Waals surface area contributed by atoms with Crippen molar-refractivity contribution in [2.24, 2.45) is 0 Å². The average molecular weight is 508 g/mol. The lowest BCUT2D eigenvalue weighted by Gasteiger charge is -2.26. The van der Waals surface area contributed by atoms with Gasteiger partial charge in [0.2, 0.25) is 5.91 Å². The highest BCUT2D eigenvalue weighted by Crippen LogP contribution is 2.32. The van der Waals surface area contributed by atoms with Crippen LogP contribution in [0.2, 0.25) is 0 Å². The van der Waals surface area contributed by atoms with Gasteiger partial charge in [0.15, 0.2) is 0 Å². The van der Waals surface area contributed by atoms with Gasteiger partial charge in [-0.2, -0.15) is 10.4 Å². The number of ether oxygens (including phenoxy) is 1. The molecule has 1 amide bonds. The Hall–Kier alpha value is -4.48. The van der Waals surface area contributed by atoms with Crippen molar-refractivity contribution in [3.63, 3.8) is 0 Å². The maximum atomic E-state index is 12.7. The number of fused-ring (bicyclic) bond motifs is 1. The molecule has 0 fully saturated rings. The monoisotopic (exact) mass is 507 g/mol. The molecule has 0 spiro atoms. The number of nitriles is 1. The van der Waals surface area contributed by atoms with Crippen LogP contribution in [0.15, 0.2) is 73.2 Å². The van der Waals surface area contributed by atoms with Gasteiger partial charge in [0.25, 0.3) is 0 Å². The predicted molar refractivity (Wildman–Crippen MR) is 144 cm³/mol. The summed E-state index contributed by atoms with van der Waals surface area (Å²) in [4.78, 5) is 19.3. The van der Waals surface area contributed by atoms with E-state index in [0.29, 0.717) is 36.3 Å². The summed E-state index contributed by atoms with van der Waals surface area (Å²) >= 11 is 0. The molecule has 0 radical (unpaired) electrons. The zero-order valence-electron chi connectivity index (χ0n) is 21.5. The molecule has 0 bridgehead atoms. The molecule has 8 nitrogen and oxygen atoms in total. The van der Waals surface area contributed by atoms with E-state index in [1.54, 1.807) is 30.8 Å². The predicted octanol–water partition coefficient (Wildman–Crippen LogP) is 4.28. The van der Waals surface area contributed by atoms with E-state index >= 15 is 0 Å². The molecule has 0 saturated carbocycles. The van der Waals surface area contributed by atoms with Crippen molar-refractivity contribution in [2.75, 3.05) is 19.7 Å². The second kappa shape index (κ2) is 10.5. The average Bonchev–Trinajstić information content (AvgIpc) is 3.35. The number of carbonyl (C=O) groups excluding carboxylic acids is 1. The van der Waals surface area contributed by atoms with E-state index in [2.05, 4.69) is 17.2 Å². The molecule has 4 heterocycles. The Morgan fingerprint density at radius 1 is 1.18 bits per heavy atom. The van der Waals surface area contributed by atoms with E-state index in [1.807, 2.05) is 53.4 Å². The SMILES string of the molecule is CC(C)(O)COc1cc(-c2ccc(C3=CCN(C(=O)Cc4ccccc4)CC3)nc2)c2c(C#N)cnn2c1. The van der Waals surface area contributed by atoms with Crippen LogP contribution in [0, 0.1) is 11.3 Å². The van der Waals surface area contributed by atoms with Crippen LogP contribution in [0.1, 0.15) is 37.1 Å². The Morgan fingerprint density at radius 2 is 2.00 bits per heavy atom. The summed E-state index contributed by atoms with van der Waals surface area (Å²) in [5, 5.41) is 24.0. The maximum Gasteiger partial charge on any atom is 0.227 e. The minimum Gasteiger partial charge on any atom is -0.489 e. The Labute approximate surface area is 221 Å². The summed E-state index contributed by atoms with van der Waals surface area (Å²) in [6, 6.07) is 17.8. The van der Waals surface area contributed by atoms with Gasteiger partial charge in [0.1, 0.15) is 18.4 Å². The van der Waals surface area contributed by atoms with E-state index in [1.165, 1.54) is 6.20 Å². The van der Waals surface area contributed by atoms with Gasteiger partial charge in [-0.1, -0.05) is 42.5 Å². The molecule has 0 aliphatic carbocycles. The number of nitrogens with zero attached hydrogens (tertiary/aromatic N) is 5. The second-order valence-corrected chi connectivity index (χ2v) is 10.1. The third-order valence-electron chi connectivity index (χ3n) is 6.46. The van der Waals surface area contributed by atoms with Crippen LogP contribution in [0.3, 0.4) is 0 Å². The molecule has 4 aromatic rings. The van der Waals surface area contributed by atoms with Crippen LogP contribution in [0.4, 0.5) is 0 Å². The highest BCUT2D eigenvalue weighted by Gasteiger charge is 2.20. The summed E-state index contributed by atoms with van der Waals surface area (Å²) in [6.45, 7) is 4.68. The Kier molecular flexibility index (Phi) is 6.95. The third-order valence-corrected chi connectivity index (χ3v) is 6.46. The lowest BCUT2D eigenvalue weighted by atomic mass is 10.0. The minimum atomic E-state index is -0.990. The third kappa shape index (κ3) is 5.58. The molecule has 8 heteroatoms. The summed E-state index contributed by atoms with van der Waals surface area (Å²) < 4.78 is 7.43. The molecular weight excluding hydrogens is 478 g/mol. The fourth-order valence-electron chi connectivity index (χ4n) is 4.49. The first-order valence-corrected chi connectivity index (χ1v) is 12.5. The molecule has 0 unspecified atom stereocenters. The van der Waals surface area contributed by atoms with Gasteiger partial charge >= 0.3 is 0 Å². The number of pyridine rings is 2. The first-order valence-electron chi connectivity index (χ1n) is 12.5. The Balaban J connectivity index is 1.35. The van der Waals surface area contributed by atoms with Crippen molar-refractivity contribution in [1.82, 2.24) is 19.5 Å². The van der Waals surface area contributed by atoms with Gasteiger partial charge in [0, 0.05) is 30.4 Å². The van der Waals surface area contributed by atoms with E-state index < -0.39 is 5.60 Å². The van der Waals surface area contributed by atoms with Crippen molar-refractivity contribution < 1.29 is 14.6 Å². The lowest BCUT2D eigenvalue weighted by molar-refractivity contribution is -0.130. The summed E-state index contributed by atoms with van der Waals surface area (Å²) in [6.07, 6.45) is 8.22. The Morgan fingerprint density at radius 3 is 2.66 bits per heavy atom. The van der Waals surface area contributed by atoms with E-state index in [4.69, 9.17) is 9.72 Å². The van der Waals surface area contributed by atoms with Crippen molar-refractivity contribution >= 4 is 17.0 Å². The molecule has 5 rings (SSSR count). The van der Waals surface area contributed by atoms with Crippen LogP contribution in [0.5, 0.6) is 5.75 Å². The topological polar surface area (TPSA) is 104 Å². The van der Waals surface area contributed by atoms with Crippen LogP contribution < -0.4 is 4.74 Å². The van der Waals surface area contributed by atoms with Gasteiger partial charge in [0.05, 0.1) is 41.2 Å². The highest BCUT2D eigenvalue weighted by atomic mass is 16.5. The molecule has 1 aliphatic heterocycles. The fraction of sp³-hybridized carbons (Fsp3) is 0.267. The van der Waals surface area contributed by atoms with Crippen molar-refractivity contribution in [2.45, 2.75) is 32.3 Å². The van der Waals surface area contributed by atoms with Gasteiger partial charge < -0.3 is 14.7 Å². The summed E-state index contributed by atoms with van der Waals surface area (Å²) in [7, 11) is 0. The first-order chi connectivity index (χ1) is 18.3. The van der Waals surface area contributed by atoms with Gasteiger partial charge in [-0.3, -0.25) is 9.78 Å². The van der Waals surface area contributed by atoms with Gasteiger partial charge in [-0.15, -0.1) is 0 Å². The highest BCUT2D eigenvalue weighted by molar-refractivity contribution is 5.85. The maximum absolute atomic E-state index is 12.7. The largest absolute Gasteiger partial charge is 0.489 e. The van der Waals surface area contributed by atoms with E-state index in [9.17, 15) is 15.2 Å². The number of benzene rings is 1. The number of hydrogen-bond acceptors (Lipinski definition) is 6. The fourth-order valence-corrected chi connectivity index (χ4v) is 4.49. The Bertz CT molecular complexity index is 1530. The molecule has 0 saturated heterocycles. The number of carbonyl (C=O) groups is 1. The quantitative estimate of drug-likeness (QED) is 0.401. The molecule has 1 N–H and O–H groups in total. The zero-order valence-corrected chi connectivity index (χ0v) is 21.5. The second-order valence-electron chi connectivity index (χ2n) is 10.1. The standard InChI is InChI=1S/C30H29N5O3/c1-30(2,37)20-38-25-15-26(29-24(16-31)18-33-35(29)19-25)23-8-9-27(32-17-23)22-10-12-34(13-11-22)28(36)14-21-6-4-3-5-7-21/h3-10,15,17-19,37H,11-14,20H2,1-2H3. The van der Waals surface area contributed by atoms with Crippen molar-refractivity contribution in [1.29, 1.82) is 5.26 Å². The summed E-state index contributed by atoms with van der Waals surface area (Å²) in [5.41, 5.74) is 4.71. The smallest absolute Gasteiger partial charge is 0.227 e. The van der Waals surface area contributed by atoms with Crippen molar-refractivity contribution in [3.8, 4) is 22.9 Å². The van der Waals surface area contributed by atoms with Crippen LogP contribution in [0.25, 0.3) is 22.2 Å². The number of amides is 1.